The molecule has 15 heteroatoms. The molecule has 1 fully saturated rings. The quantitative estimate of drug-likeness (QED) is 0.104. The van der Waals surface area contributed by atoms with Gasteiger partial charge in [0, 0.05) is 35.7 Å². The van der Waals surface area contributed by atoms with Gasteiger partial charge in [0.1, 0.15) is 22.6 Å². The summed E-state index contributed by atoms with van der Waals surface area (Å²) in [6, 6.07) is 7.54. The molecule has 0 saturated carbocycles. The van der Waals surface area contributed by atoms with Gasteiger partial charge in [0.05, 0.1) is 18.5 Å². The molecule has 312 valence electrons. The Morgan fingerprint density at radius 3 is 2.35 bits per heavy atom. The molecule has 3 aromatic rings. The molecule has 0 unspecified atom stereocenters. The second kappa shape index (κ2) is 21.5. The fraction of sp³-hybridized carbons (Fsp3) is 0.571. The predicted molar refractivity (Wildman–Crippen MR) is 219 cm³/mol. The minimum absolute atomic E-state index is 0.0686. The molecule has 57 heavy (non-hydrogen) atoms. The molecule has 2 aromatic heterocycles. The number of carboxylic acids is 1. The molecule has 0 radical (unpaired) electrons. The van der Waals surface area contributed by atoms with Crippen LogP contribution in [0.1, 0.15) is 112 Å². The van der Waals surface area contributed by atoms with Gasteiger partial charge in [-0.2, -0.15) is 0 Å². The number of hydrogen-bond acceptors (Lipinski definition) is 10. The predicted octanol–water partition coefficient (Wildman–Crippen LogP) is 6.86. The molecular formula is C42H58FN5O7S2. The number of thiazole rings is 1. The first kappa shape index (κ1) is 45.5. The number of ether oxygens (including phenoxy) is 1. The number of carboxylic acid groups (broad SMARTS) is 1. The molecule has 0 spiro atoms. The summed E-state index contributed by atoms with van der Waals surface area (Å²) in [4.78, 5) is 76.0. The van der Waals surface area contributed by atoms with Crippen LogP contribution in [0, 0.1) is 23.6 Å². The molecule has 1 aliphatic heterocycles. The summed E-state index contributed by atoms with van der Waals surface area (Å²) in [7, 11) is 1.94. The third kappa shape index (κ3) is 13.2. The van der Waals surface area contributed by atoms with Crippen LogP contribution in [0.4, 0.5) is 4.39 Å². The van der Waals surface area contributed by atoms with E-state index in [1.165, 1.54) is 30.4 Å². The number of nitrogens with zero attached hydrogens (tertiary/aromatic N) is 3. The zero-order valence-electron chi connectivity index (χ0n) is 34.0. The van der Waals surface area contributed by atoms with Crippen LogP contribution in [0.2, 0.25) is 0 Å². The van der Waals surface area contributed by atoms with Crippen LogP contribution in [0.3, 0.4) is 0 Å². The molecule has 0 aliphatic carbocycles. The molecule has 1 saturated heterocycles. The molecule has 0 bridgehead atoms. The Morgan fingerprint density at radius 1 is 1.04 bits per heavy atom. The standard InChI is InChI=1S/C42H58FN5O7S2/c1-8-26(4)37(46-39(51)34-13-9-10-18-47(34)7)41(52)48(23-32-12-11-19-56-32)35(25(2)3)22-36(55-28(6)49)40-45-33(24-57-40)38(50)44-31(20-27(5)42(53)54)21-29-14-16-30(43)17-15-29/h11-12,14-17,19,24-27,31,34-37H,8-10,13,18,20-23H2,1-7H3,(H,44,50)(H,46,51)(H,53,54)/t26-,27-,31+,34+,35+,36+,37-/m0/s1. The number of aliphatic carboxylic acids is 1. The average Bonchev–Trinajstić information content (AvgIpc) is 3.88. The van der Waals surface area contributed by atoms with E-state index in [9.17, 15) is 33.5 Å². The SMILES string of the molecule is CC[C@H](C)[C@H](NC(=O)[C@H]1CCCCN1C)C(=O)N(Cc1cccs1)[C@H](C[C@@H](OC(C)=O)c1nc(C(=O)N[C@@H](Cc2ccc(F)cc2)C[C@H](C)C(=O)O)cs1)C(C)C. The molecule has 7 atom stereocenters. The molecule has 3 amide bonds. The number of thiophene rings is 1. The lowest BCUT2D eigenvalue weighted by atomic mass is 9.92. The van der Waals surface area contributed by atoms with Crippen molar-refractivity contribution < 1.29 is 38.2 Å². The van der Waals surface area contributed by atoms with Gasteiger partial charge < -0.3 is 25.4 Å². The molecule has 3 N–H and O–H groups in total. The number of likely N-dealkylation sites (N-methyl/N-ethyl adjacent to an activating group) is 1. The van der Waals surface area contributed by atoms with Gasteiger partial charge in [0.15, 0.2) is 6.10 Å². The number of likely N-dealkylation sites (tertiary alicyclic amines) is 1. The highest BCUT2D eigenvalue weighted by Crippen LogP contribution is 2.33. The number of rotatable bonds is 20. The Labute approximate surface area is 343 Å². The van der Waals surface area contributed by atoms with Crippen LogP contribution in [0.5, 0.6) is 0 Å². The number of benzene rings is 1. The van der Waals surface area contributed by atoms with Gasteiger partial charge in [-0.1, -0.05) is 65.7 Å². The van der Waals surface area contributed by atoms with Crippen LogP contribution in [-0.2, 0) is 36.9 Å². The van der Waals surface area contributed by atoms with Crippen LogP contribution in [0.25, 0.3) is 0 Å². The number of hydrogen-bond donors (Lipinski definition) is 3. The molecule has 1 aromatic carbocycles. The molecule has 4 rings (SSSR count). The van der Waals surface area contributed by atoms with Crippen molar-refractivity contribution in [2.45, 2.75) is 123 Å². The number of piperidine rings is 1. The lowest BCUT2D eigenvalue weighted by Gasteiger charge is -2.40. The van der Waals surface area contributed by atoms with Gasteiger partial charge in [0.25, 0.3) is 5.91 Å². The van der Waals surface area contributed by atoms with Crippen LogP contribution in [0.15, 0.2) is 47.2 Å². The third-order valence-electron chi connectivity index (χ3n) is 10.8. The summed E-state index contributed by atoms with van der Waals surface area (Å²) in [5, 5.41) is 19.5. The van der Waals surface area contributed by atoms with E-state index in [0.717, 1.165) is 47.6 Å². The van der Waals surface area contributed by atoms with Crippen LogP contribution in [-0.4, -0.2) is 87.3 Å². The fourth-order valence-electron chi connectivity index (χ4n) is 7.25. The monoisotopic (exact) mass is 827 g/mol. The topological polar surface area (TPSA) is 158 Å². The molecule has 12 nitrogen and oxygen atoms in total. The summed E-state index contributed by atoms with van der Waals surface area (Å²) in [5.74, 6) is -3.90. The van der Waals surface area contributed by atoms with E-state index in [-0.39, 0.29) is 61.2 Å². The number of carbonyl (C=O) groups excluding carboxylic acids is 4. The second-order valence-electron chi connectivity index (χ2n) is 15.6. The Balaban J connectivity index is 1.62. The van der Waals surface area contributed by atoms with Gasteiger partial charge in [-0.3, -0.25) is 28.9 Å². The van der Waals surface area contributed by atoms with E-state index < -0.39 is 53.8 Å². The summed E-state index contributed by atoms with van der Waals surface area (Å²) in [6.45, 7) is 11.9. The maximum Gasteiger partial charge on any atom is 0.306 e. The van der Waals surface area contributed by atoms with E-state index in [2.05, 4.69) is 15.6 Å². The van der Waals surface area contributed by atoms with E-state index >= 15 is 0 Å². The minimum atomic E-state index is -1.01. The molecule has 3 heterocycles. The van der Waals surface area contributed by atoms with Crippen molar-refractivity contribution in [2.24, 2.45) is 17.8 Å². The van der Waals surface area contributed by atoms with Gasteiger partial charge >= 0.3 is 11.9 Å². The van der Waals surface area contributed by atoms with Gasteiger partial charge in [-0.25, -0.2) is 9.37 Å². The lowest BCUT2D eigenvalue weighted by molar-refractivity contribution is -0.150. The number of halogens is 1. The van der Waals surface area contributed by atoms with Crippen molar-refractivity contribution in [3.8, 4) is 0 Å². The zero-order chi connectivity index (χ0) is 41.8. The fourth-order valence-corrected chi connectivity index (χ4v) is 8.79. The molecule has 1 aliphatic rings. The van der Waals surface area contributed by atoms with Crippen molar-refractivity contribution in [3.63, 3.8) is 0 Å². The van der Waals surface area contributed by atoms with Crippen LogP contribution < -0.4 is 10.6 Å². The Morgan fingerprint density at radius 2 is 1.75 bits per heavy atom. The largest absolute Gasteiger partial charge is 0.481 e. The minimum Gasteiger partial charge on any atom is -0.481 e. The van der Waals surface area contributed by atoms with Crippen molar-refractivity contribution in [1.82, 2.24) is 25.4 Å². The Bertz CT molecular complexity index is 1790. The van der Waals surface area contributed by atoms with Crippen molar-refractivity contribution in [2.75, 3.05) is 13.6 Å². The smallest absolute Gasteiger partial charge is 0.306 e. The van der Waals surface area contributed by atoms with E-state index in [0.29, 0.717) is 11.4 Å². The highest BCUT2D eigenvalue weighted by atomic mass is 32.1. The van der Waals surface area contributed by atoms with Crippen LogP contribution >= 0.6 is 22.7 Å². The average molecular weight is 828 g/mol. The van der Waals surface area contributed by atoms with Crippen molar-refractivity contribution in [1.29, 1.82) is 0 Å². The van der Waals surface area contributed by atoms with Gasteiger partial charge in [-0.15, -0.1) is 22.7 Å². The number of esters is 1. The van der Waals surface area contributed by atoms with E-state index in [4.69, 9.17) is 4.74 Å². The second-order valence-corrected chi connectivity index (χ2v) is 17.5. The highest BCUT2D eigenvalue weighted by molar-refractivity contribution is 7.10. The number of amides is 3. The normalized spacial score (nSPS) is 17.8. The Hall–Kier alpha value is -4.21. The van der Waals surface area contributed by atoms with Crippen molar-refractivity contribution in [3.05, 3.63) is 74.1 Å². The lowest BCUT2D eigenvalue weighted by Crippen LogP contribution is -2.58. The molecular weight excluding hydrogens is 770 g/mol. The first-order chi connectivity index (χ1) is 27.1. The summed E-state index contributed by atoms with van der Waals surface area (Å²) in [5.41, 5.74) is 0.796. The Kier molecular flexibility index (Phi) is 17.2. The number of carbonyl (C=O) groups is 5. The maximum atomic E-state index is 14.9. The summed E-state index contributed by atoms with van der Waals surface area (Å²) >= 11 is 2.68. The number of aromatic nitrogens is 1. The van der Waals surface area contributed by atoms with Crippen molar-refractivity contribution >= 4 is 52.3 Å². The van der Waals surface area contributed by atoms with E-state index in [1.54, 1.807) is 29.3 Å². The summed E-state index contributed by atoms with van der Waals surface area (Å²) < 4.78 is 19.5. The zero-order valence-corrected chi connectivity index (χ0v) is 35.7. The maximum absolute atomic E-state index is 14.9. The summed E-state index contributed by atoms with van der Waals surface area (Å²) in [6.07, 6.45) is 3.04. The first-order valence-electron chi connectivity index (χ1n) is 19.8. The number of nitrogens with one attached hydrogen (secondary N) is 2. The first-order valence-corrected chi connectivity index (χ1v) is 21.6. The third-order valence-corrected chi connectivity index (χ3v) is 12.6. The van der Waals surface area contributed by atoms with Gasteiger partial charge in [-0.05, 0) is 80.3 Å². The highest BCUT2D eigenvalue weighted by Gasteiger charge is 2.39. The van der Waals surface area contributed by atoms with E-state index in [1.807, 2.05) is 57.2 Å². The van der Waals surface area contributed by atoms with Gasteiger partial charge in [0.2, 0.25) is 11.8 Å².